The van der Waals surface area contributed by atoms with Crippen LogP contribution in [0.25, 0.3) is 0 Å². The summed E-state index contributed by atoms with van der Waals surface area (Å²) in [6.45, 7) is 2.89. The van der Waals surface area contributed by atoms with Crippen LogP contribution in [-0.2, 0) is 20.4 Å². The van der Waals surface area contributed by atoms with Crippen molar-refractivity contribution in [2.45, 2.75) is 31.8 Å². The number of primary amides is 1. The molecule has 0 aromatic heterocycles. The number of allylic oxidation sites excluding steroid dienone is 7. The third-order valence-corrected chi connectivity index (χ3v) is 5.93. The highest BCUT2D eigenvalue weighted by atomic mass is 79.9. The van der Waals surface area contributed by atoms with Gasteiger partial charge in [0.2, 0.25) is 11.8 Å². The molecule has 6 nitrogen and oxygen atoms in total. The van der Waals surface area contributed by atoms with Gasteiger partial charge in [0.1, 0.15) is 5.76 Å². The molecule has 0 radical (unpaired) electrons. The fraction of sp³-hybridized carbons (Fsp3) is 0.214. The molecule has 2 rings (SSSR count). The minimum Gasteiger partial charge on any atom is -0.443 e. The van der Waals surface area contributed by atoms with E-state index in [1.165, 1.54) is 42.6 Å². The molecule has 0 atom stereocenters. The van der Waals surface area contributed by atoms with Crippen LogP contribution in [0, 0.1) is 5.41 Å². The number of carbonyl (C=O) groups is 1. The molecule has 41 heavy (non-hydrogen) atoms. The molecule has 0 bridgehead atoms. The van der Waals surface area contributed by atoms with Crippen molar-refractivity contribution in [2.24, 2.45) is 5.73 Å². The van der Waals surface area contributed by atoms with Crippen LogP contribution in [0.4, 0.5) is 32.0 Å². The SMILES string of the molecule is C=C/C=C(C/C=C\COC(F)(F)F)/C(=C/Nc1ccc(C(F)(F)F)cc1Br)C(=N)O/C1=C/C=C(/C(N)=O)C/C=C\C1. The van der Waals surface area contributed by atoms with Crippen LogP contribution in [0.15, 0.2) is 107 Å². The Hall–Kier alpha value is -3.84. The first-order chi connectivity index (χ1) is 19.2. The number of rotatable bonds is 11. The number of nitrogens with two attached hydrogens (primary N) is 1. The molecule has 1 aliphatic carbocycles. The van der Waals surface area contributed by atoms with Gasteiger partial charge < -0.3 is 15.8 Å². The summed E-state index contributed by atoms with van der Waals surface area (Å²) < 4.78 is 85.6. The molecule has 0 aliphatic heterocycles. The first-order valence-electron chi connectivity index (χ1n) is 11.8. The van der Waals surface area contributed by atoms with Crippen LogP contribution in [0.1, 0.15) is 24.8 Å². The van der Waals surface area contributed by atoms with E-state index in [0.29, 0.717) is 17.6 Å². The number of hydrogen-bond acceptors (Lipinski definition) is 5. The van der Waals surface area contributed by atoms with Crippen molar-refractivity contribution < 1.29 is 40.6 Å². The molecule has 1 aromatic carbocycles. The number of nitrogens with one attached hydrogen (secondary N) is 2. The van der Waals surface area contributed by atoms with E-state index < -0.39 is 36.5 Å². The first-order valence-corrected chi connectivity index (χ1v) is 12.6. The van der Waals surface area contributed by atoms with Gasteiger partial charge in [0.15, 0.2) is 0 Å². The van der Waals surface area contributed by atoms with Gasteiger partial charge in [0.05, 0.1) is 23.4 Å². The second-order valence-electron chi connectivity index (χ2n) is 8.25. The van der Waals surface area contributed by atoms with E-state index in [2.05, 4.69) is 32.6 Å². The van der Waals surface area contributed by atoms with E-state index in [0.717, 1.165) is 18.2 Å². The molecule has 1 amide bonds. The van der Waals surface area contributed by atoms with Crippen molar-refractivity contribution in [1.82, 2.24) is 0 Å². The molecule has 220 valence electrons. The zero-order chi connectivity index (χ0) is 30.6. The molecule has 0 spiro atoms. The van der Waals surface area contributed by atoms with Crippen molar-refractivity contribution in [3.63, 3.8) is 0 Å². The van der Waals surface area contributed by atoms with E-state index in [9.17, 15) is 31.1 Å². The number of hydrogen-bond donors (Lipinski definition) is 3. The van der Waals surface area contributed by atoms with Gasteiger partial charge in [-0.25, -0.2) is 0 Å². The predicted molar refractivity (Wildman–Crippen MR) is 147 cm³/mol. The Kier molecular flexibility index (Phi) is 12.4. The summed E-state index contributed by atoms with van der Waals surface area (Å²) in [7, 11) is 0. The second kappa shape index (κ2) is 15.2. The Morgan fingerprint density at radius 2 is 1.83 bits per heavy atom. The Balaban J connectivity index is 2.41. The molecular formula is C28H26BrF6N3O3. The lowest BCUT2D eigenvalue weighted by Crippen LogP contribution is -2.14. The summed E-state index contributed by atoms with van der Waals surface area (Å²) >= 11 is 3.10. The first kappa shape index (κ1) is 33.4. The van der Waals surface area contributed by atoms with Gasteiger partial charge in [0.25, 0.3) is 0 Å². The van der Waals surface area contributed by atoms with Crippen LogP contribution in [0.3, 0.4) is 0 Å². The van der Waals surface area contributed by atoms with Crippen molar-refractivity contribution in [3.05, 3.63) is 112 Å². The highest BCUT2D eigenvalue weighted by Gasteiger charge is 2.31. The van der Waals surface area contributed by atoms with Gasteiger partial charge >= 0.3 is 12.5 Å². The Morgan fingerprint density at radius 1 is 1.12 bits per heavy atom. The number of alkyl halides is 6. The molecule has 0 fully saturated rings. The lowest BCUT2D eigenvalue weighted by atomic mass is 10.0. The number of amides is 1. The lowest BCUT2D eigenvalue weighted by Gasteiger charge is -2.16. The molecule has 0 unspecified atom stereocenters. The maximum atomic E-state index is 13.1. The quantitative estimate of drug-likeness (QED) is 0.0747. The topological polar surface area (TPSA) is 97.4 Å². The second-order valence-corrected chi connectivity index (χ2v) is 9.11. The molecular weight excluding hydrogens is 620 g/mol. The van der Waals surface area contributed by atoms with Crippen LogP contribution in [0.5, 0.6) is 0 Å². The number of benzene rings is 1. The van der Waals surface area contributed by atoms with Crippen LogP contribution in [0.2, 0.25) is 0 Å². The maximum Gasteiger partial charge on any atom is 0.522 e. The number of ether oxygens (including phenoxy) is 2. The third-order valence-electron chi connectivity index (χ3n) is 5.27. The molecule has 13 heteroatoms. The zero-order valence-corrected chi connectivity index (χ0v) is 23.0. The lowest BCUT2D eigenvalue weighted by molar-refractivity contribution is -0.319. The predicted octanol–water partition coefficient (Wildman–Crippen LogP) is 8.00. The summed E-state index contributed by atoms with van der Waals surface area (Å²) in [5, 5.41) is 11.5. The average Bonchev–Trinajstić information content (AvgIpc) is 2.84. The molecule has 0 saturated carbocycles. The largest absolute Gasteiger partial charge is 0.522 e. The minimum absolute atomic E-state index is 0.0192. The summed E-state index contributed by atoms with van der Waals surface area (Å²) in [6, 6.07) is 2.95. The van der Waals surface area contributed by atoms with Gasteiger partial charge in [-0.2, -0.15) is 13.2 Å². The van der Waals surface area contributed by atoms with Crippen molar-refractivity contribution in [1.29, 1.82) is 5.41 Å². The molecule has 1 aliphatic rings. The van der Waals surface area contributed by atoms with Crippen LogP contribution in [-0.4, -0.2) is 24.8 Å². The average molecular weight is 646 g/mol. The van der Waals surface area contributed by atoms with Crippen LogP contribution < -0.4 is 11.1 Å². The normalized spacial score (nSPS) is 18.4. The van der Waals surface area contributed by atoms with Gasteiger partial charge in [-0.15, -0.1) is 13.2 Å². The zero-order valence-electron chi connectivity index (χ0n) is 21.4. The van der Waals surface area contributed by atoms with Crippen molar-refractivity contribution in [3.8, 4) is 0 Å². The number of halogens is 7. The third kappa shape index (κ3) is 11.7. The van der Waals surface area contributed by atoms with E-state index in [1.807, 2.05) is 0 Å². The standard InChI is InChI=1S/C28H26BrF6N3O3/c1-2-7-18(8-5-6-15-40-28(33,34)35)22(17-38-24-14-12-20(16-23(24)29)27(30,31)32)26(37)41-21-10-4-3-9-19(11-13-21)25(36)39/h2-7,11-14,16-17,37-38H,1,8-10,15H2,(H2,36,39)/b4-3-,6-5-,18-7+,19-11+,21-13+,22-17-,37-26?. The van der Waals surface area contributed by atoms with E-state index in [4.69, 9.17) is 15.9 Å². The Bertz CT molecular complexity index is 1320. The smallest absolute Gasteiger partial charge is 0.443 e. The summed E-state index contributed by atoms with van der Waals surface area (Å²) in [6.07, 6.45) is 4.39. The maximum absolute atomic E-state index is 13.1. The van der Waals surface area contributed by atoms with Gasteiger partial charge in [-0.1, -0.05) is 43.0 Å². The summed E-state index contributed by atoms with van der Waals surface area (Å²) in [5.41, 5.74) is 5.52. The fourth-order valence-corrected chi connectivity index (χ4v) is 3.77. The summed E-state index contributed by atoms with van der Waals surface area (Å²) in [5.74, 6) is -0.743. The van der Waals surface area contributed by atoms with Crippen molar-refractivity contribution >= 4 is 33.4 Å². The van der Waals surface area contributed by atoms with E-state index in [-0.39, 0.29) is 34.3 Å². The Labute approximate surface area is 240 Å². The van der Waals surface area contributed by atoms with Gasteiger partial charge in [-0.3, -0.25) is 14.9 Å². The number of carbonyl (C=O) groups excluding carboxylic acids is 1. The van der Waals surface area contributed by atoms with E-state index >= 15 is 0 Å². The highest BCUT2D eigenvalue weighted by molar-refractivity contribution is 9.10. The molecule has 1 aromatic rings. The van der Waals surface area contributed by atoms with Gasteiger partial charge in [0, 0.05) is 22.7 Å². The molecule has 0 heterocycles. The van der Waals surface area contributed by atoms with Crippen molar-refractivity contribution in [2.75, 3.05) is 11.9 Å². The fourth-order valence-electron chi connectivity index (χ4n) is 3.28. The van der Waals surface area contributed by atoms with Gasteiger partial charge in [-0.05, 0) is 64.7 Å². The number of anilines is 1. The summed E-state index contributed by atoms with van der Waals surface area (Å²) in [4.78, 5) is 11.6. The van der Waals surface area contributed by atoms with E-state index in [1.54, 1.807) is 12.2 Å². The molecule has 0 saturated heterocycles. The minimum atomic E-state index is -4.80. The monoisotopic (exact) mass is 645 g/mol. The highest BCUT2D eigenvalue weighted by Crippen LogP contribution is 2.34. The molecule has 4 N–H and O–H groups in total. The van der Waals surface area contributed by atoms with Crippen LogP contribution >= 0.6 is 15.9 Å². The Morgan fingerprint density at radius 3 is 2.44 bits per heavy atom.